The molecule has 0 radical (unpaired) electrons. The Morgan fingerprint density at radius 1 is 1.22 bits per heavy atom. The maximum Gasteiger partial charge on any atom is 0.214 e. The van der Waals surface area contributed by atoms with Crippen molar-refractivity contribution >= 4 is 10.0 Å². The second-order valence-corrected chi connectivity index (χ2v) is 9.34. The molecule has 5 heteroatoms. The lowest BCUT2D eigenvalue weighted by atomic mass is 9.84. The first-order valence-corrected chi connectivity index (χ1v) is 9.82. The van der Waals surface area contributed by atoms with Gasteiger partial charge in [0.05, 0.1) is 11.8 Å². The highest BCUT2D eigenvalue weighted by molar-refractivity contribution is 7.89. The van der Waals surface area contributed by atoms with E-state index in [1.165, 1.54) is 11.1 Å². The molecular formula is C18H26N2O2S. The van der Waals surface area contributed by atoms with Crippen LogP contribution in [0.2, 0.25) is 0 Å². The van der Waals surface area contributed by atoms with Gasteiger partial charge in [-0.05, 0) is 41.4 Å². The molecule has 0 unspecified atom stereocenters. The van der Waals surface area contributed by atoms with Gasteiger partial charge in [0.2, 0.25) is 10.0 Å². The highest BCUT2D eigenvalue weighted by Crippen LogP contribution is 2.28. The predicted octanol–water partition coefficient (Wildman–Crippen LogP) is 3.37. The van der Waals surface area contributed by atoms with Crippen LogP contribution in [0.3, 0.4) is 0 Å². The van der Waals surface area contributed by atoms with Gasteiger partial charge in [0.25, 0.3) is 0 Å². The van der Waals surface area contributed by atoms with Crippen LogP contribution in [-0.4, -0.2) is 25.0 Å². The van der Waals surface area contributed by atoms with Crippen LogP contribution in [-0.2, 0) is 28.4 Å². The molecule has 0 N–H and O–H groups in total. The predicted molar refractivity (Wildman–Crippen MR) is 92.5 cm³/mol. The van der Waals surface area contributed by atoms with Crippen molar-refractivity contribution in [3.8, 4) is 6.07 Å². The van der Waals surface area contributed by atoms with E-state index in [0.717, 1.165) is 12.0 Å². The molecule has 1 aliphatic heterocycles. The number of sulfonamides is 1. The summed E-state index contributed by atoms with van der Waals surface area (Å²) in [7, 11) is -3.23. The second-order valence-electron chi connectivity index (χ2n) is 7.25. The Morgan fingerprint density at radius 3 is 2.61 bits per heavy atom. The zero-order valence-electron chi connectivity index (χ0n) is 14.3. The van der Waals surface area contributed by atoms with E-state index in [2.05, 4.69) is 45.0 Å². The van der Waals surface area contributed by atoms with Gasteiger partial charge in [0.1, 0.15) is 0 Å². The van der Waals surface area contributed by atoms with Crippen LogP contribution >= 0.6 is 0 Å². The summed E-state index contributed by atoms with van der Waals surface area (Å²) in [5.74, 6) is 0.142. The zero-order valence-corrected chi connectivity index (χ0v) is 15.1. The van der Waals surface area contributed by atoms with E-state index >= 15 is 0 Å². The minimum atomic E-state index is -3.23. The van der Waals surface area contributed by atoms with Gasteiger partial charge in [0.15, 0.2) is 0 Å². The molecule has 0 aromatic heterocycles. The molecule has 23 heavy (non-hydrogen) atoms. The minimum Gasteiger partial charge on any atom is -0.212 e. The van der Waals surface area contributed by atoms with Crippen molar-refractivity contribution in [1.29, 1.82) is 5.26 Å². The minimum absolute atomic E-state index is 0.0630. The maximum atomic E-state index is 12.5. The van der Waals surface area contributed by atoms with Crippen LogP contribution in [0.5, 0.6) is 0 Å². The Bertz CT molecular complexity index is 697. The van der Waals surface area contributed by atoms with Crippen LogP contribution in [0, 0.1) is 11.3 Å². The number of rotatable bonds is 5. The molecule has 1 heterocycles. The number of benzene rings is 1. The zero-order chi connectivity index (χ0) is 17.1. The summed E-state index contributed by atoms with van der Waals surface area (Å²) in [4.78, 5) is 0. The van der Waals surface area contributed by atoms with E-state index in [1.807, 2.05) is 0 Å². The summed E-state index contributed by atoms with van der Waals surface area (Å²) in [6, 6.07) is 8.52. The Morgan fingerprint density at radius 2 is 1.96 bits per heavy atom. The third-order valence-corrected chi connectivity index (χ3v) is 6.29. The van der Waals surface area contributed by atoms with Crippen molar-refractivity contribution < 1.29 is 8.42 Å². The molecule has 0 saturated carbocycles. The molecule has 0 spiro atoms. The first-order valence-electron chi connectivity index (χ1n) is 8.21. The number of hydrogen-bond acceptors (Lipinski definition) is 3. The molecule has 1 aromatic rings. The van der Waals surface area contributed by atoms with E-state index in [1.54, 1.807) is 4.31 Å². The first-order chi connectivity index (χ1) is 10.7. The van der Waals surface area contributed by atoms with Gasteiger partial charge in [-0.3, -0.25) is 0 Å². The number of hydrogen-bond donors (Lipinski definition) is 0. The van der Waals surface area contributed by atoms with Crippen molar-refractivity contribution in [2.24, 2.45) is 0 Å². The maximum absolute atomic E-state index is 12.5. The highest BCUT2D eigenvalue weighted by atomic mass is 32.2. The van der Waals surface area contributed by atoms with Crippen LogP contribution in [0.25, 0.3) is 0 Å². The molecule has 4 nitrogen and oxygen atoms in total. The molecular weight excluding hydrogens is 308 g/mol. The van der Waals surface area contributed by atoms with Crippen molar-refractivity contribution in [3.63, 3.8) is 0 Å². The Labute approximate surface area is 140 Å². The first kappa shape index (κ1) is 18.0. The molecule has 0 saturated heterocycles. The van der Waals surface area contributed by atoms with Gasteiger partial charge in [0, 0.05) is 19.5 Å². The molecule has 0 amide bonds. The molecule has 0 fully saturated rings. The molecule has 1 aliphatic rings. The number of nitriles is 1. The molecule has 2 rings (SSSR count). The van der Waals surface area contributed by atoms with Crippen molar-refractivity contribution in [3.05, 3.63) is 34.9 Å². The van der Waals surface area contributed by atoms with Gasteiger partial charge in [-0.1, -0.05) is 39.0 Å². The lowest BCUT2D eigenvalue weighted by Crippen LogP contribution is -2.37. The fourth-order valence-electron chi connectivity index (χ4n) is 2.85. The Kier molecular flexibility index (Phi) is 5.49. The van der Waals surface area contributed by atoms with Crippen molar-refractivity contribution in [1.82, 2.24) is 4.31 Å². The number of fused-ring (bicyclic) bond motifs is 1. The third kappa shape index (κ3) is 4.55. The lowest BCUT2D eigenvalue weighted by Gasteiger charge is -2.30. The lowest BCUT2D eigenvalue weighted by molar-refractivity contribution is 0.389. The van der Waals surface area contributed by atoms with Crippen LogP contribution in [0.1, 0.15) is 56.7 Å². The number of nitrogens with zero attached hydrogens (tertiary/aromatic N) is 2. The Hall–Kier alpha value is -1.38. The second kappa shape index (κ2) is 7.02. The highest BCUT2D eigenvalue weighted by Gasteiger charge is 2.27. The largest absolute Gasteiger partial charge is 0.214 e. The SMILES string of the molecule is CC(C)(C)c1ccc2c(c1)CN(S(=O)(=O)CCCCC#N)CC2. The summed E-state index contributed by atoms with van der Waals surface area (Å²) >= 11 is 0. The van der Waals surface area contributed by atoms with Crippen LogP contribution in [0.4, 0.5) is 0 Å². The van der Waals surface area contributed by atoms with Crippen molar-refractivity contribution in [2.75, 3.05) is 12.3 Å². The fourth-order valence-corrected chi connectivity index (χ4v) is 4.39. The summed E-state index contributed by atoms with van der Waals surface area (Å²) in [6.07, 6.45) is 2.40. The molecule has 0 atom stereocenters. The van der Waals surface area contributed by atoms with Gasteiger partial charge < -0.3 is 0 Å². The monoisotopic (exact) mass is 334 g/mol. The van der Waals surface area contributed by atoms with E-state index in [9.17, 15) is 8.42 Å². The quantitative estimate of drug-likeness (QED) is 0.776. The van der Waals surface area contributed by atoms with E-state index < -0.39 is 10.0 Å². The molecule has 1 aromatic carbocycles. The van der Waals surface area contributed by atoms with Crippen LogP contribution in [0.15, 0.2) is 18.2 Å². The average Bonchev–Trinajstić information content (AvgIpc) is 2.49. The van der Waals surface area contributed by atoms with E-state index in [4.69, 9.17) is 5.26 Å². The van der Waals surface area contributed by atoms with Gasteiger partial charge in [-0.15, -0.1) is 0 Å². The normalized spacial score (nSPS) is 15.9. The smallest absolute Gasteiger partial charge is 0.212 e. The summed E-state index contributed by atoms with van der Waals surface area (Å²) in [6.45, 7) is 7.53. The van der Waals surface area contributed by atoms with Crippen molar-refractivity contribution in [2.45, 2.75) is 58.4 Å². The van der Waals surface area contributed by atoms with Gasteiger partial charge in [-0.25, -0.2) is 8.42 Å². The van der Waals surface area contributed by atoms with Crippen LogP contribution < -0.4 is 0 Å². The standard InChI is InChI=1S/C18H26N2O2S/c1-18(2,3)17-8-7-15-9-11-20(14-16(15)13-17)23(21,22)12-6-4-5-10-19/h7-8,13H,4-6,9,11-12,14H2,1-3H3. The van der Waals surface area contributed by atoms with E-state index in [0.29, 0.717) is 32.4 Å². The Balaban J connectivity index is 2.11. The number of unbranched alkanes of at least 4 members (excludes halogenated alkanes) is 2. The average molecular weight is 334 g/mol. The topological polar surface area (TPSA) is 61.2 Å². The van der Waals surface area contributed by atoms with E-state index in [-0.39, 0.29) is 11.2 Å². The summed E-state index contributed by atoms with van der Waals surface area (Å²) in [5.41, 5.74) is 3.69. The summed E-state index contributed by atoms with van der Waals surface area (Å²) < 4.78 is 26.6. The molecule has 0 bridgehead atoms. The van der Waals surface area contributed by atoms with Gasteiger partial charge >= 0.3 is 0 Å². The third-order valence-electron chi connectivity index (χ3n) is 4.38. The fraction of sp³-hybridized carbons (Fsp3) is 0.611. The van der Waals surface area contributed by atoms with Gasteiger partial charge in [-0.2, -0.15) is 9.57 Å². The molecule has 126 valence electrons. The molecule has 0 aliphatic carbocycles. The summed E-state index contributed by atoms with van der Waals surface area (Å²) in [5, 5.41) is 8.54.